The van der Waals surface area contributed by atoms with E-state index >= 15 is 0 Å². The lowest BCUT2D eigenvalue weighted by Crippen LogP contribution is -2.49. The molecule has 0 spiro atoms. The van der Waals surface area contributed by atoms with E-state index in [0.29, 0.717) is 4.48 Å². The first kappa shape index (κ1) is 10.4. The smallest absolute Gasteiger partial charge is 0.364 e. The average Bonchev–Trinajstić information content (AvgIpc) is 1.86. The molecule has 0 aromatic heterocycles. The van der Waals surface area contributed by atoms with Crippen LogP contribution in [0.1, 0.15) is 13.3 Å². The predicted molar refractivity (Wildman–Crippen MR) is 44.1 cm³/mol. The van der Waals surface area contributed by atoms with Gasteiger partial charge in [-0.3, -0.25) is 0 Å². The van der Waals surface area contributed by atoms with Gasteiger partial charge in [0.2, 0.25) is 0 Å². The number of ether oxygens (including phenoxy) is 1. The first-order valence-corrected chi connectivity index (χ1v) is 3.82. The van der Waals surface area contributed by atoms with Crippen LogP contribution >= 0.6 is 0 Å². The van der Waals surface area contributed by atoms with Crippen molar-refractivity contribution in [2.75, 3.05) is 28.3 Å². The molecule has 0 saturated carbocycles. The Morgan fingerprint density at radius 3 is 2.00 bits per heavy atom. The monoisotopic (exact) mass is 160 g/mol. The van der Waals surface area contributed by atoms with Crippen LogP contribution in [0.15, 0.2) is 0 Å². The quantitative estimate of drug-likeness (QED) is 0.447. The molecule has 0 fully saturated rings. The summed E-state index contributed by atoms with van der Waals surface area (Å²) in [6.07, 6.45) is 0.816. The molecule has 0 aliphatic carbocycles. The molecular weight excluding hydrogens is 142 g/mol. The van der Waals surface area contributed by atoms with Crippen LogP contribution in [0.2, 0.25) is 0 Å². The molecule has 0 radical (unpaired) electrons. The first-order valence-electron chi connectivity index (χ1n) is 3.82. The third kappa shape index (κ3) is 2.89. The Morgan fingerprint density at radius 1 is 1.45 bits per heavy atom. The fourth-order valence-corrected chi connectivity index (χ4v) is 1.17. The van der Waals surface area contributed by atoms with E-state index in [0.717, 1.165) is 6.42 Å². The Balaban J connectivity index is 4.29. The van der Waals surface area contributed by atoms with Gasteiger partial charge in [-0.25, -0.2) is 4.79 Å². The lowest BCUT2D eigenvalue weighted by Gasteiger charge is -2.31. The average molecular weight is 160 g/mol. The van der Waals surface area contributed by atoms with Crippen LogP contribution in [0.4, 0.5) is 0 Å². The first-order chi connectivity index (χ1) is 4.93. The summed E-state index contributed by atoms with van der Waals surface area (Å²) in [5.74, 6) is -0.125. The minimum Gasteiger partial charge on any atom is -0.465 e. The van der Waals surface area contributed by atoms with Crippen LogP contribution in [0.3, 0.4) is 0 Å². The molecule has 0 heterocycles. The second-order valence-electron chi connectivity index (χ2n) is 3.56. The van der Waals surface area contributed by atoms with Gasteiger partial charge in [0.15, 0.2) is 6.04 Å². The van der Waals surface area contributed by atoms with Crippen LogP contribution in [0.5, 0.6) is 0 Å². The number of nitrogens with zero attached hydrogens (tertiary/aromatic N) is 1. The number of hydrogen-bond donors (Lipinski definition) is 0. The predicted octanol–water partition coefficient (Wildman–Crippen LogP) is 0.644. The molecule has 0 unspecified atom stereocenters. The van der Waals surface area contributed by atoms with Gasteiger partial charge in [0, 0.05) is 6.42 Å². The van der Waals surface area contributed by atoms with Crippen LogP contribution in [-0.4, -0.2) is 44.7 Å². The van der Waals surface area contributed by atoms with Crippen molar-refractivity contribution in [2.45, 2.75) is 19.4 Å². The van der Waals surface area contributed by atoms with Gasteiger partial charge in [0.1, 0.15) is 0 Å². The lowest BCUT2D eigenvalue weighted by atomic mass is 10.2. The molecule has 0 saturated heterocycles. The standard InChI is InChI=1S/C8H18NO2/c1-6-7(8(10)11-5)9(2,3)4/h7H,6H2,1-5H3/q+1/t7-/m0/s1. The molecule has 3 heteroatoms. The van der Waals surface area contributed by atoms with Gasteiger partial charge in [0.05, 0.1) is 28.3 Å². The molecule has 0 aromatic rings. The molecule has 0 aromatic carbocycles. The highest BCUT2D eigenvalue weighted by molar-refractivity contribution is 5.74. The highest BCUT2D eigenvalue weighted by Crippen LogP contribution is 2.08. The molecule has 3 nitrogen and oxygen atoms in total. The number of esters is 1. The highest BCUT2D eigenvalue weighted by Gasteiger charge is 2.30. The van der Waals surface area contributed by atoms with E-state index in [2.05, 4.69) is 4.74 Å². The molecule has 0 aliphatic heterocycles. The largest absolute Gasteiger partial charge is 0.465 e. The van der Waals surface area contributed by atoms with Gasteiger partial charge in [-0.2, -0.15) is 0 Å². The molecule has 1 atom stereocenters. The van der Waals surface area contributed by atoms with Crippen molar-refractivity contribution in [2.24, 2.45) is 0 Å². The lowest BCUT2D eigenvalue weighted by molar-refractivity contribution is -0.887. The maximum atomic E-state index is 11.2. The third-order valence-electron chi connectivity index (χ3n) is 1.79. The van der Waals surface area contributed by atoms with Gasteiger partial charge in [-0.15, -0.1) is 0 Å². The van der Waals surface area contributed by atoms with E-state index < -0.39 is 0 Å². The maximum absolute atomic E-state index is 11.2. The van der Waals surface area contributed by atoms with E-state index in [1.54, 1.807) is 0 Å². The van der Waals surface area contributed by atoms with E-state index in [1.165, 1.54) is 7.11 Å². The summed E-state index contributed by atoms with van der Waals surface area (Å²) in [6, 6.07) is -0.0417. The Morgan fingerprint density at radius 2 is 1.91 bits per heavy atom. The van der Waals surface area contributed by atoms with Crippen molar-refractivity contribution in [3.8, 4) is 0 Å². The molecule has 0 bridgehead atoms. The Kier molecular flexibility index (Phi) is 3.52. The van der Waals surface area contributed by atoms with Gasteiger partial charge in [-0.1, -0.05) is 6.92 Å². The van der Waals surface area contributed by atoms with Crippen molar-refractivity contribution in [3.63, 3.8) is 0 Å². The minimum atomic E-state index is -0.125. The summed E-state index contributed by atoms with van der Waals surface area (Å²) in [6.45, 7) is 1.99. The summed E-state index contributed by atoms with van der Waals surface area (Å²) >= 11 is 0. The van der Waals surface area contributed by atoms with Gasteiger partial charge >= 0.3 is 5.97 Å². The van der Waals surface area contributed by atoms with Crippen molar-refractivity contribution >= 4 is 5.97 Å². The number of carbonyl (C=O) groups excluding carboxylic acids is 1. The van der Waals surface area contributed by atoms with Crippen molar-refractivity contribution in [1.29, 1.82) is 0 Å². The molecule has 66 valence electrons. The Hall–Kier alpha value is -0.570. The molecule has 0 rings (SSSR count). The summed E-state index contributed by atoms with van der Waals surface area (Å²) in [7, 11) is 7.40. The van der Waals surface area contributed by atoms with Crippen LogP contribution in [0, 0.1) is 0 Å². The number of likely N-dealkylation sites (N-methyl/N-ethyl adjacent to an activating group) is 1. The molecule has 0 amide bonds. The zero-order valence-electron chi connectivity index (χ0n) is 8.05. The fourth-order valence-electron chi connectivity index (χ4n) is 1.17. The van der Waals surface area contributed by atoms with Crippen LogP contribution in [-0.2, 0) is 9.53 Å². The van der Waals surface area contributed by atoms with E-state index in [9.17, 15) is 4.79 Å². The van der Waals surface area contributed by atoms with Gasteiger partial charge in [0.25, 0.3) is 0 Å². The van der Waals surface area contributed by atoms with E-state index in [4.69, 9.17) is 0 Å². The second-order valence-corrected chi connectivity index (χ2v) is 3.56. The molecule has 0 aliphatic rings. The van der Waals surface area contributed by atoms with E-state index in [1.807, 2.05) is 28.1 Å². The second kappa shape index (κ2) is 3.72. The summed E-state index contributed by atoms with van der Waals surface area (Å²) < 4.78 is 5.30. The fraction of sp³-hybridized carbons (Fsp3) is 0.875. The summed E-state index contributed by atoms with van der Waals surface area (Å²) in [5.41, 5.74) is 0. The number of carbonyl (C=O) groups is 1. The Bertz CT molecular complexity index is 138. The number of quaternary nitrogens is 1. The normalized spacial score (nSPS) is 14.3. The van der Waals surface area contributed by atoms with Gasteiger partial charge in [-0.05, 0) is 0 Å². The van der Waals surface area contributed by atoms with Crippen LogP contribution in [0.25, 0.3) is 0 Å². The minimum absolute atomic E-state index is 0.0417. The van der Waals surface area contributed by atoms with Crippen LogP contribution < -0.4 is 0 Å². The maximum Gasteiger partial charge on any atom is 0.364 e. The molecule has 0 N–H and O–H groups in total. The topological polar surface area (TPSA) is 26.3 Å². The SMILES string of the molecule is CC[C@@H](C(=O)OC)[N+](C)(C)C. The summed E-state index contributed by atoms with van der Waals surface area (Å²) in [5, 5.41) is 0. The highest BCUT2D eigenvalue weighted by atomic mass is 16.5. The number of methoxy groups -OCH3 is 1. The number of rotatable bonds is 3. The van der Waals surface area contributed by atoms with Crippen molar-refractivity contribution in [1.82, 2.24) is 0 Å². The van der Waals surface area contributed by atoms with Crippen molar-refractivity contribution in [3.05, 3.63) is 0 Å². The zero-order chi connectivity index (χ0) is 9.07. The van der Waals surface area contributed by atoms with E-state index in [-0.39, 0.29) is 12.0 Å². The third-order valence-corrected chi connectivity index (χ3v) is 1.79. The molecular formula is C8H18NO2+. The molecule has 11 heavy (non-hydrogen) atoms. The summed E-state index contributed by atoms with van der Waals surface area (Å²) in [4.78, 5) is 11.2. The van der Waals surface area contributed by atoms with Crippen molar-refractivity contribution < 1.29 is 14.0 Å². The van der Waals surface area contributed by atoms with Gasteiger partial charge < -0.3 is 9.22 Å². The Labute approximate surface area is 68.5 Å². The number of hydrogen-bond acceptors (Lipinski definition) is 2. The zero-order valence-corrected chi connectivity index (χ0v) is 8.05.